The molecule has 5 nitrogen and oxygen atoms in total. The summed E-state index contributed by atoms with van der Waals surface area (Å²) in [6.07, 6.45) is 3.06. The van der Waals surface area contributed by atoms with Crippen molar-refractivity contribution in [2.45, 2.75) is 18.9 Å². The molecule has 0 unspecified atom stereocenters. The molecule has 0 aliphatic carbocycles. The van der Waals surface area contributed by atoms with Crippen molar-refractivity contribution in [2.75, 3.05) is 20.3 Å². The lowest BCUT2D eigenvalue weighted by atomic mass is 10.2. The number of hydrogen-bond donors (Lipinski definition) is 1. The maximum Gasteiger partial charge on any atom is 0.409 e. The zero-order valence-corrected chi connectivity index (χ0v) is 7.68. The second kappa shape index (κ2) is 4.67. The van der Waals surface area contributed by atoms with E-state index in [-0.39, 0.29) is 11.9 Å². The van der Waals surface area contributed by atoms with Gasteiger partial charge in [0, 0.05) is 13.7 Å². The van der Waals surface area contributed by atoms with Crippen molar-refractivity contribution in [1.29, 1.82) is 5.39 Å². The number of ether oxygens (including phenoxy) is 1. The average molecular weight is 184 g/mol. The maximum absolute atomic E-state index is 9.42. The van der Waals surface area contributed by atoms with Crippen LogP contribution in [-0.4, -0.2) is 36.3 Å². The van der Waals surface area contributed by atoms with Gasteiger partial charge in [-0.1, -0.05) is 0 Å². The number of likely N-dealkylation sites (tertiary alicyclic amines) is 1. The van der Waals surface area contributed by atoms with Crippen LogP contribution in [0, 0.1) is 5.39 Å². The van der Waals surface area contributed by atoms with Crippen molar-refractivity contribution in [1.82, 2.24) is 4.90 Å². The van der Waals surface area contributed by atoms with Crippen molar-refractivity contribution < 1.29 is 9.84 Å². The van der Waals surface area contributed by atoms with Crippen LogP contribution >= 0.6 is 0 Å². The Balaban J connectivity index is 2.58. The normalized spacial score (nSPS) is 23.2. The minimum absolute atomic E-state index is 0.00190. The molecule has 0 spiro atoms. The first-order valence-electron chi connectivity index (χ1n) is 4.28. The van der Waals surface area contributed by atoms with Crippen LogP contribution in [-0.2, 0) is 4.74 Å². The summed E-state index contributed by atoms with van der Waals surface area (Å²) in [4.78, 5) is 4.56. The quantitative estimate of drug-likeness (QED) is 0.530. The fraction of sp³-hybridized carbons (Fsp3) is 0.750. The van der Waals surface area contributed by atoms with Crippen LogP contribution in [0.15, 0.2) is 12.1 Å². The van der Waals surface area contributed by atoms with E-state index in [1.54, 1.807) is 12.0 Å². The van der Waals surface area contributed by atoms with Gasteiger partial charge in [0.1, 0.15) is 0 Å². The van der Waals surface area contributed by atoms with Crippen molar-refractivity contribution >= 4 is 0 Å². The van der Waals surface area contributed by atoms with Gasteiger partial charge in [-0.05, 0) is 12.8 Å². The van der Waals surface area contributed by atoms with Crippen molar-refractivity contribution in [3.05, 3.63) is 17.1 Å². The molecular formula is C8H14N3O2+. The highest BCUT2D eigenvalue weighted by atomic mass is 16.5. The number of nitrogens with zero attached hydrogens (tertiary/aromatic N) is 3. The second-order valence-corrected chi connectivity index (χ2v) is 3.05. The molecule has 72 valence electrons. The zero-order chi connectivity index (χ0) is 9.68. The molecule has 0 radical (unpaired) electrons. The third kappa shape index (κ3) is 2.33. The molecule has 0 amide bonds. The van der Waals surface area contributed by atoms with E-state index in [9.17, 15) is 5.11 Å². The number of rotatable bonds is 3. The summed E-state index contributed by atoms with van der Waals surface area (Å²) in [5.41, 5.74) is 0. The lowest BCUT2D eigenvalue weighted by molar-refractivity contribution is 0.102. The minimum atomic E-state index is 0.00190. The van der Waals surface area contributed by atoms with Gasteiger partial charge in [0.15, 0.2) is 4.98 Å². The van der Waals surface area contributed by atoms with Crippen LogP contribution < -0.4 is 0 Å². The smallest absolute Gasteiger partial charge is 0.409 e. The molecule has 0 aromatic carbocycles. The summed E-state index contributed by atoms with van der Waals surface area (Å²) in [5.74, 6) is 0.00190. The van der Waals surface area contributed by atoms with Crippen LogP contribution in [0.3, 0.4) is 0 Å². The van der Waals surface area contributed by atoms with Crippen molar-refractivity contribution in [2.24, 2.45) is 0 Å². The molecule has 1 N–H and O–H groups in total. The summed E-state index contributed by atoms with van der Waals surface area (Å²) in [6.45, 7) is 1.37. The number of hydrogen-bond acceptors (Lipinski definition) is 4. The Morgan fingerprint density at radius 1 is 1.85 bits per heavy atom. The van der Waals surface area contributed by atoms with Crippen molar-refractivity contribution in [3.8, 4) is 0 Å². The summed E-state index contributed by atoms with van der Waals surface area (Å²) < 4.78 is 5.01. The Labute approximate surface area is 77.2 Å². The Bertz CT molecular complexity index is 234. The van der Waals surface area contributed by atoms with E-state index in [2.05, 4.69) is 4.98 Å². The van der Waals surface area contributed by atoms with Gasteiger partial charge >= 0.3 is 6.20 Å². The molecule has 1 atom stereocenters. The highest BCUT2D eigenvalue weighted by molar-refractivity contribution is 5.00. The first kappa shape index (κ1) is 9.81. The summed E-state index contributed by atoms with van der Waals surface area (Å²) in [7, 11) is 1.63. The number of diazo groups is 1. The Hall–Kier alpha value is -1.28. The fourth-order valence-electron chi connectivity index (χ4n) is 1.63. The molecule has 1 fully saturated rings. The Morgan fingerprint density at radius 2 is 2.62 bits per heavy atom. The van der Waals surface area contributed by atoms with Gasteiger partial charge in [-0.2, -0.15) is 0 Å². The number of aliphatic hydroxyl groups excluding tert-OH is 1. The van der Waals surface area contributed by atoms with Crippen LogP contribution in [0.25, 0.3) is 4.98 Å². The SMILES string of the molecule is COC[C@@H]1CCCN1/C(O)=C/[N+]#N. The molecular weight excluding hydrogens is 170 g/mol. The molecule has 0 bridgehead atoms. The van der Waals surface area contributed by atoms with E-state index in [1.807, 2.05) is 0 Å². The van der Waals surface area contributed by atoms with Gasteiger partial charge in [0.2, 0.25) is 5.39 Å². The predicted molar refractivity (Wildman–Crippen MR) is 47.4 cm³/mol. The van der Waals surface area contributed by atoms with E-state index in [4.69, 9.17) is 10.1 Å². The van der Waals surface area contributed by atoms with Gasteiger partial charge in [-0.3, -0.25) is 0 Å². The van der Waals surface area contributed by atoms with Crippen molar-refractivity contribution in [3.63, 3.8) is 0 Å². The van der Waals surface area contributed by atoms with E-state index in [0.29, 0.717) is 6.61 Å². The first-order chi connectivity index (χ1) is 6.29. The fourth-order valence-corrected chi connectivity index (χ4v) is 1.63. The lowest BCUT2D eigenvalue weighted by Gasteiger charge is -2.22. The number of methoxy groups -OCH3 is 1. The molecule has 1 aliphatic rings. The molecule has 5 heteroatoms. The molecule has 1 rings (SSSR count). The molecule has 0 aromatic heterocycles. The minimum Gasteiger partial charge on any atom is -0.489 e. The van der Waals surface area contributed by atoms with Crippen LogP contribution in [0.1, 0.15) is 12.8 Å². The van der Waals surface area contributed by atoms with Crippen LogP contribution in [0.4, 0.5) is 0 Å². The Kier molecular flexibility index (Phi) is 3.53. The predicted octanol–water partition coefficient (Wildman–Crippen LogP) is 1.31. The van der Waals surface area contributed by atoms with Crippen LogP contribution in [0.5, 0.6) is 0 Å². The molecule has 1 saturated heterocycles. The highest BCUT2D eigenvalue weighted by Gasteiger charge is 2.27. The summed E-state index contributed by atoms with van der Waals surface area (Å²) >= 11 is 0. The van der Waals surface area contributed by atoms with Gasteiger partial charge in [-0.15, -0.1) is 0 Å². The lowest BCUT2D eigenvalue weighted by Crippen LogP contribution is -2.32. The topological polar surface area (TPSA) is 60.9 Å². The summed E-state index contributed by atoms with van der Waals surface area (Å²) in [5, 5.41) is 17.7. The van der Waals surface area contributed by atoms with E-state index in [1.165, 1.54) is 0 Å². The van der Waals surface area contributed by atoms with E-state index >= 15 is 0 Å². The third-order valence-electron chi connectivity index (χ3n) is 2.20. The first-order valence-corrected chi connectivity index (χ1v) is 4.28. The Morgan fingerprint density at radius 3 is 3.23 bits per heavy atom. The highest BCUT2D eigenvalue weighted by Crippen LogP contribution is 2.20. The van der Waals surface area contributed by atoms with E-state index < -0.39 is 0 Å². The molecule has 0 saturated carbocycles. The molecule has 13 heavy (non-hydrogen) atoms. The van der Waals surface area contributed by atoms with Gasteiger partial charge in [0.25, 0.3) is 5.88 Å². The molecule has 0 aromatic rings. The average Bonchev–Trinajstić information content (AvgIpc) is 2.54. The molecule has 1 heterocycles. The second-order valence-electron chi connectivity index (χ2n) is 3.05. The monoisotopic (exact) mass is 184 g/mol. The number of aliphatic hydroxyl groups is 1. The largest absolute Gasteiger partial charge is 0.489 e. The van der Waals surface area contributed by atoms with Crippen LogP contribution in [0.2, 0.25) is 0 Å². The standard InChI is InChI=1S/C8H13N3O2/c1-13-6-7-3-2-4-11(7)8(12)5-10-9/h5,7H,2-4,6H2,1H3/p+1/b8-5-/t7-/m0/s1. The summed E-state index contributed by atoms with van der Waals surface area (Å²) in [6, 6.07) is 0.197. The zero-order valence-electron chi connectivity index (χ0n) is 7.68. The van der Waals surface area contributed by atoms with Gasteiger partial charge in [-0.25, -0.2) is 0 Å². The van der Waals surface area contributed by atoms with Gasteiger partial charge < -0.3 is 14.7 Å². The van der Waals surface area contributed by atoms with E-state index in [0.717, 1.165) is 25.6 Å². The molecule has 1 aliphatic heterocycles. The maximum atomic E-state index is 9.42. The van der Waals surface area contributed by atoms with Gasteiger partial charge in [0.05, 0.1) is 12.6 Å². The third-order valence-corrected chi connectivity index (χ3v) is 2.20.